The molecule has 0 saturated carbocycles. The summed E-state index contributed by atoms with van der Waals surface area (Å²) >= 11 is 0. The minimum absolute atomic E-state index is 0.0000513. The van der Waals surface area contributed by atoms with Crippen molar-refractivity contribution in [3.05, 3.63) is 35.9 Å². The lowest BCUT2D eigenvalue weighted by atomic mass is 9.98. The fraction of sp³-hybridized carbons (Fsp3) is 0.550. The van der Waals surface area contributed by atoms with Gasteiger partial charge in [-0.1, -0.05) is 37.3 Å². The van der Waals surface area contributed by atoms with Gasteiger partial charge in [0, 0.05) is 25.4 Å². The van der Waals surface area contributed by atoms with Crippen molar-refractivity contribution in [2.75, 3.05) is 6.54 Å². The molecule has 0 radical (unpaired) electrons. The third-order valence-corrected chi connectivity index (χ3v) is 4.81. The summed E-state index contributed by atoms with van der Waals surface area (Å²) in [7, 11) is 0. The molecule has 142 valence electrons. The highest BCUT2D eigenvalue weighted by Crippen LogP contribution is 2.19. The molecule has 1 heterocycles. The normalized spacial score (nSPS) is 18.2. The first-order valence-corrected chi connectivity index (χ1v) is 9.36. The predicted octanol–water partition coefficient (Wildman–Crippen LogP) is 2.37. The summed E-state index contributed by atoms with van der Waals surface area (Å²) in [6, 6.07) is 8.99. The van der Waals surface area contributed by atoms with Gasteiger partial charge in [-0.2, -0.15) is 0 Å². The highest BCUT2D eigenvalue weighted by Gasteiger charge is 2.32. The molecule has 2 unspecified atom stereocenters. The Bertz CT molecular complexity index is 617. The molecular weight excluding hydrogens is 332 g/mol. The van der Waals surface area contributed by atoms with Crippen LogP contribution in [0.3, 0.4) is 0 Å². The lowest BCUT2D eigenvalue weighted by molar-refractivity contribution is -0.142. The number of amides is 2. The molecule has 26 heavy (non-hydrogen) atoms. The van der Waals surface area contributed by atoms with Gasteiger partial charge in [-0.15, -0.1) is 0 Å². The number of nitrogens with one attached hydrogen (secondary N) is 1. The third kappa shape index (κ3) is 5.86. The van der Waals surface area contributed by atoms with E-state index in [4.69, 9.17) is 5.11 Å². The number of benzene rings is 1. The molecule has 2 rings (SSSR count). The maximum absolute atomic E-state index is 12.8. The first kappa shape index (κ1) is 19.9. The number of carbonyl (C=O) groups is 3. The van der Waals surface area contributed by atoms with Crippen LogP contribution in [0.15, 0.2) is 30.3 Å². The van der Waals surface area contributed by atoms with Gasteiger partial charge in [0.15, 0.2) is 0 Å². The number of nitrogens with zero attached hydrogens (tertiary/aromatic N) is 1. The summed E-state index contributed by atoms with van der Waals surface area (Å²) in [4.78, 5) is 37.6. The van der Waals surface area contributed by atoms with Crippen LogP contribution in [0.5, 0.6) is 0 Å². The fourth-order valence-corrected chi connectivity index (χ4v) is 3.42. The van der Waals surface area contributed by atoms with E-state index >= 15 is 0 Å². The van der Waals surface area contributed by atoms with Gasteiger partial charge in [0.2, 0.25) is 11.8 Å². The molecule has 2 amide bonds. The first-order chi connectivity index (χ1) is 12.5. The zero-order valence-corrected chi connectivity index (χ0v) is 15.3. The predicted molar refractivity (Wildman–Crippen MR) is 98.6 cm³/mol. The van der Waals surface area contributed by atoms with E-state index in [0.29, 0.717) is 32.2 Å². The summed E-state index contributed by atoms with van der Waals surface area (Å²) in [6.45, 7) is 2.42. The molecule has 0 aromatic heterocycles. The molecular formula is C20H28N2O4. The molecule has 2 atom stereocenters. The fourth-order valence-electron chi connectivity index (χ4n) is 3.42. The Morgan fingerprint density at radius 1 is 1.23 bits per heavy atom. The van der Waals surface area contributed by atoms with Crippen LogP contribution in [-0.2, 0) is 20.8 Å². The Labute approximate surface area is 154 Å². The average molecular weight is 360 g/mol. The molecule has 1 aromatic rings. The molecule has 1 fully saturated rings. The summed E-state index contributed by atoms with van der Waals surface area (Å²) in [5.74, 6) is -1.05. The van der Waals surface area contributed by atoms with Gasteiger partial charge in [0.1, 0.15) is 6.04 Å². The molecule has 6 heteroatoms. The first-order valence-electron chi connectivity index (χ1n) is 9.36. The van der Waals surface area contributed by atoms with Crippen molar-refractivity contribution >= 4 is 17.8 Å². The minimum Gasteiger partial charge on any atom is -0.481 e. The lowest BCUT2D eigenvalue weighted by Gasteiger charge is -2.35. The van der Waals surface area contributed by atoms with Gasteiger partial charge in [-0.05, 0) is 37.7 Å². The second kappa shape index (κ2) is 9.94. The Morgan fingerprint density at radius 2 is 1.96 bits per heavy atom. The van der Waals surface area contributed by atoms with E-state index in [1.807, 2.05) is 30.3 Å². The standard InChI is InChI=1S/C20H28N2O4/c1-2-18(23)22-13-7-6-10-17(22)20(26)21-16(11-12-19(24)25)14-15-8-4-3-5-9-15/h3-5,8-9,16-17H,2,6-7,10-14H2,1H3,(H,21,26)(H,24,25). The third-order valence-electron chi connectivity index (χ3n) is 4.81. The van der Waals surface area contributed by atoms with Gasteiger partial charge < -0.3 is 15.3 Å². The van der Waals surface area contributed by atoms with Crippen LogP contribution >= 0.6 is 0 Å². The number of rotatable bonds is 8. The highest BCUT2D eigenvalue weighted by atomic mass is 16.4. The Morgan fingerprint density at radius 3 is 2.62 bits per heavy atom. The van der Waals surface area contributed by atoms with E-state index in [1.165, 1.54) is 0 Å². The van der Waals surface area contributed by atoms with Crippen molar-refractivity contribution < 1.29 is 19.5 Å². The van der Waals surface area contributed by atoms with Crippen LogP contribution in [-0.4, -0.2) is 46.4 Å². The number of hydrogen-bond acceptors (Lipinski definition) is 3. The van der Waals surface area contributed by atoms with Gasteiger partial charge in [0.25, 0.3) is 0 Å². The number of aliphatic carboxylic acids is 1. The molecule has 2 N–H and O–H groups in total. The molecule has 1 saturated heterocycles. The number of hydrogen-bond donors (Lipinski definition) is 2. The molecule has 0 spiro atoms. The van der Waals surface area contributed by atoms with Crippen LogP contribution in [0.1, 0.15) is 51.0 Å². The SMILES string of the molecule is CCC(=O)N1CCCCC1C(=O)NC(CCC(=O)O)Cc1ccccc1. The van der Waals surface area contributed by atoms with Crippen molar-refractivity contribution in [3.63, 3.8) is 0 Å². The van der Waals surface area contributed by atoms with Crippen LogP contribution < -0.4 is 5.32 Å². The van der Waals surface area contributed by atoms with Crippen LogP contribution in [0.4, 0.5) is 0 Å². The minimum atomic E-state index is -0.877. The molecule has 1 aliphatic heterocycles. The quantitative estimate of drug-likeness (QED) is 0.745. The van der Waals surface area contributed by atoms with E-state index in [0.717, 1.165) is 18.4 Å². The lowest BCUT2D eigenvalue weighted by Crippen LogP contribution is -2.54. The number of carboxylic acids is 1. The van der Waals surface area contributed by atoms with Crippen molar-refractivity contribution in [2.24, 2.45) is 0 Å². The zero-order chi connectivity index (χ0) is 18.9. The summed E-state index contributed by atoms with van der Waals surface area (Å²) < 4.78 is 0. The molecule has 6 nitrogen and oxygen atoms in total. The molecule has 1 aliphatic rings. The Hall–Kier alpha value is -2.37. The van der Waals surface area contributed by atoms with E-state index in [-0.39, 0.29) is 24.3 Å². The van der Waals surface area contributed by atoms with Gasteiger partial charge >= 0.3 is 5.97 Å². The van der Waals surface area contributed by atoms with E-state index in [2.05, 4.69) is 5.32 Å². The maximum atomic E-state index is 12.8. The Kier molecular flexibility index (Phi) is 7.63. The van der Waals surface area contributed by atoms with E-state index < -0.39 is 12.0 Å². The number of carboxylic acid groups (broad SMARTS) is 1. The van der Waals surface area contributed by atoms with E-state index in [1.54, 1.807) is 11.8 Å². The number of likely N-dealkylation sites (tertiary alicyclic amines) is 1. The van der Waals surface area contributed by atoms with Gasteiger partial charge in [0.05, 0.1) is 0 Å². The van der Waals surface area contributed by atoms with Crippen molar-refractivity contribution in [1.29, 1.82) is 0 Å². The smallest absolute Gasteiger partial charge is 0.303 e. The molecule has 0 aliphatic carbocycles. The van der Waals surface area contributed by atoms with Crippen molar-refractivity contribution in [1.82, 2.24) is 10.2 Å². The second-order valence-corrected chi connectivity index (χ2v) is 6.78. The summed E-state index contributed by atoms with van der Waals surface area (Å²) in [5.41, 5.74) is 1.05. The van der Waals surface area contributed by atoms with Crippen LogP contribution in [0, 0.1) is 0 Å². The van der Waals surface area contributed by atoms with Gasteiger partial charge in [-0.3, -0.25) is 14.4 Å². The van der Waals surface area contributed by atoms with E-state index in [9.17, 15) is 14.4 Å². The summed E-state index contributed by atoms with van der Waals surface area (Å²) in [6.07, 6.45) is 3.83. The number of piperidine rings is 1. The molecule has 1 aromatic carbocycles. The van der Waals surface area contributed by atoms with Crippen LogP contribution in [0.2, 0.25) is 0 Å². The molecule has 0 bridgehead atoms. The largest absolute Gasteiger partial charge is 0.481 e. The monoisotopic (exact) mass is 360 g/mol. The Balaban J connectivity index is 2.05. The second-order valence-electron chi connectivity index (χ2n) is 6.78. The zero-order valence-electron chi connectivity index (χ0n) is 15.3. The van der Waals surface area contributed by atoms with Gasteiger partial charge in [-0.25, -0.2) is 0 Å². The highest BCUT2D eigenvalue weighted by molar-refractivity contribution is 5.88. The average Bonchev–Trinajstić information content (AvgIpc) is 2.66. The number of carbonyl (C=O) groups excluding carboxylic acids is 2. The van der Waals surface area contributed by atoms with Crippen molar-refractivity contribution in [2.45, 2.75) is 64.0 Å². The summed E-state index contributed by atoms with van der Waals surface area (Å²) in [5, 5.41) is 12.0. The topological polar surface area (TPSA) is 86.7 Å². The maximum Gasteiger partial charge on any atom is 0.303 e. The van der Waals surface area contributed by atoms with Crippen molar-refractivity contribution in [3.8, 4) is 0 Å². The van der Waals surface area contributed by atoms with Crippen LogP contribution in [0.25, 0.3) is 0 Å².